The number of hydrogen-bond acceptors (Lipinski definition) is 6. The predicted molar refractivity (Wildman–Crippen MR) is 66.4 cm³/mol. The van der Waals surface area contributed by atoms with Crippen molar-refractivity contribution in [1.29, 1.82) is 0 Å². The quantitative estimate of drug-likeness (QED) is 0.444. The van der Waals surface area contributed by atoms with Crippen molar-refractivity contribution in [1.82, 2.24) is 5.32 Å². The number of nitrogens with two attached hydrogens (primary N) is 1. The molecule has 0 aliphatic heterocycles. The number of likely N-dealkylation sites (N-methyl/N-ethyl adjacent to an activating group) is 1. The molecular formula is C11H19F3N2O5. The van der Waals surface area contributed by atoms with Gasteiger partial charge in [0, 0.05) is 0 Å². The Morgan fingerprint density at radius 1 is 1.33 bits per heavy atom. The lowest BCUT2D eigenvalue weighted by molar-refractivity contribution is -0.192. The Bertz CT molecular complexity index is 329. The Hall–Kier alpha value is -1.68. The number of rotatable bonds is 7. The molecule has 21 heavy (non-hydrogen) atoms. The highest BCUT2D eigenvalue weighted by Gasteiger charge is 2.38. The van der Waals surface area contributed by atoms with Gasteiger partial charge in [-0.3, -0.25) is 9.59 Å². The van der Waals surface area contributed by atoms with E-state index in [1.165, 1.54) is 0 Å². The number of ketones is 1. The van der Waals surface area contributed by atoms with Gasteiger partial charge in [0.05, 0.1) is 13.2 Å². The Kier molecular flexibility index (Phi) is 11.4. The third kappa shape index (κ3) is 10.7. The lowest BCUT2D eigenvalue weighted by Gasteiger charge is -2.12. The van der Waals surface area contributed by atoms with Crippen molar-refractivity contribution in [3.05, 3.63) is 0 Å². The largest absolute Gasteiger partial charge is 0.490 e. The van der Waals surface area contributed by atoms with Crippen LogP contribution in [0.25, 0.3) is 0 Å². The summed E-state index contributed by atoms with van der Waals surface area (Å²) in [5, 5.41) is 9.83. The van der Waals surface area contributed by atoms with E-state index in [1.54, 1.807) is 14.0 Å². The summed E-state index contributed by atoms with van der Waals surface area (Å²) in [5.74, 6) is -4.12. The predicted octanol–water partition coefficient (Wildman–Crippen LogP) is -0.0637. The molecule has 0 aromatic rings. The maximum Gasteiger partial charge on any atom is 0.490 e. The first-order valence-corrected chi connectivity index (χ1v) is 5.95. The summed E-state index contributed by atoms with van der Waals surface area (Å²) >= 11 is 0. The molecule has 0 saturated carbocycles. The van der Waals surface area contributed by atoms with Gasteiger partial charge in [0.25, 0.3) is 0 Å². The zero-order chi connectivity index (χ0) is 17.1. The van der Waals surface area contributed by atoms with Gasteiger partial charge < -0.3 is 20.9 Å². The van der Waals surface area contributed by atoms with E-state index >= 15 is 0 Å². The Morgan fingerprint density at radius 2 is 1.81 bits per heavy atom. The summed E-state index contributed by atoms with van der Waals surface area (Å²) in [6.45, 7) is 2.47. The van der Waals surface area contributed by atoms with Crippen molar-refractivity contribution < 1.29 is 37.4 Å². The molecule has 0 bridgehead atoms. The molecular weight excluding hydrogens is 297 g/mol. The van der Waals surface area contributed by atoms with E-state index in [9.17, 15) is 22.8 Å². The van der Waals surface area contributed by atoms with Crippen LogP contribution in [0, 0.1) is 5.92 Å². The monoisotopic (exact) mass is 316 g/mol. The highest BCUT2D eigenvalue weighted by molar-refractivity contribution is 6.00. The maximum atomic E-state index is 11.4. The molecule has 0 fully saturated rings. The number of ether oxygens (including phenoxy) is 1. The van der Waals surface area contributed by atoms with E-state index in [-0.39, 0.29) is 18.9 Å². The number of esters is 1. The number of halogens is 3. The first kappa shape index (κ1) is 21.6. The molecule has 4 N–H and O–H groups in total. The van der Waals surface area contributed by atoms with Crippen molar-refractivity contribution in [3.63, 3.8) is 0 Å². The van der Waals surface area contributed by atoms with Gasteiger partial charge in [0.2, 0.25) is 0 Å². The molecule has 0 aromatic carbocycles. The van der Waals surface area contributed by atoms with Crippen LogP contribution in [0.5, 0.6) is 0 Å². The van der Waals surface area contributed by atoms with Crippen LogP contribution in [0.3, 0.4) is 0 Å². The average Bonchev–Trinajstić information content (AvgIpc) is 2.35. The van der Waals surface area contributed by atoms with Gasteiger partial charge in [-0.2, -0.15) is 13.2 Å². The van der Waals surface area contributed by atoms with E-state index in [0.29, 0.717) is 13.0 Å². The van der Waals surface area contributed by atoms with Crippen LogP contribution in [-0.4, -0.2) is 55.7 Å². The lowest BCUT2D eigenvalue weighted by Crippen LogP contribution is -2.34. The van der Waals surface area contributed by atoms with Gasteiger partial charge in [0.1, 0.15) is 5.92 Å². The van der Waals surface area contributed by atoms with E-state index in [2.05, 4.69) is 5.32 Å². The first-order chi connectivity index (χ1) is 9.61. The molecule has 0 aliphatic carbocycles. The van der Waals surface area contributed by atoms with E-state index in [1.807, 2.05) is 0 Å². The molecule has 7 nitrogen and oxygen atoms in total. The van der Waals surface area contributed by atoms with Crippen molar-refractivity contribution >= 4 is 17.7 Å². The summed E-state index contributed by atoms with van der Waals surface area (Å²) in [6.07, 6.45) is -4.74. The summed E-state index contributed by atoms with van der Waals surface area (Å²) < 4.78 is 36.5. The third-order valence-corrected chi connectivity index (χ3v) is 2.01. The lowest BCUT2D eigenvalue weighted by atomic mass is 10.0. The Morgan fingerprint density at radius 3 is 2.10 bits per heavy atom. The minimum Gasteiger partial charge on any atom is -0.475 e. The number of nitrogens with one attached hydrogen (secondary N) is 1. The highest BCUT2D eigenvalue weighted by atomic mass is 19.4. The van der Waals surface area contributed by atoms with E-state index < -0.39 is 24.0 Å². The normalized spacial score (nSPS) is 11.9. The molecule has 1 unspecified atom stereocenters. The molecule has 0 aromatic heterocycles. The van der Waals surface area contributed by atoms with Crippen LogP contribution in [0.2, 0.25) is 0 Å². The highest BCUT2D eigenvalue weighted by Crippen LogP contribution is 2.13. The zero-order valence-electron chi connectivity index (χ0n) is 11.7. The van der Waals surface area contributed by atoms with Crippen LogP contribution in [0.15, 0.2) is 0 Å². The summed E-state index contributed by atoms with van der Waals surface area (Å²) in [4.78, 5) is 31.6. The first-order valence-electron chi connectivity index (χ1n) is 5.95. The van der Waals surface area contributed by atoms with Gasteiger partial charge in [-0.05, 0) is 26.9 Å². The standard InChI is InChI=1S/C9H18N2O3.C2HF3O2/c1-3-14-9(13)7(4-5-10)8(12)6-11-2;3-2(4,5)1(6)7/h7,11H,3-6,10H2,1-2H3;(H,6,7). The van der Waals surface area contributed by atoms with Crippen molar-refractivity contribution in [2.45, 2.75) is 19.5 Å². The molecule has 0 rings (SSSR count). The number of Topliss-reactive ketones (excluding diaryl/α,β-unsaturated/α-hetero) is 1. The van der Waals surface area contributed by atoms with E-state index in [0.717, 1.165) is 0 Å². The van der Waals surface area contributed by atoms with Crippen molar-refractivity contribution in [3.8, 4) is 0 Å². The molecule has 124 valence electrons. The minimum atomic E-state index is -5.08. The molecule has 0 heterocycles. The molecule has 0 saturated heterocycles. The number of aliphatic carboxylic acids is 1. The fraction of sp³-hybridized carbons (Fsp3) is 0.727. The molecule has 0 spiro atoms. The van der Waals surface area contributed by atoms with Gasteiger partial charge in [-0.25, -0.2) is 4.79 Å². The molecule has 10 heteroatoms. The average molecular weight is 316 g/mol. The number of carboxylic acid groups (broad SMARTS) is 1. The molecule has 0 aliphatic rings. The number of carbonyl (C=O) groups excluding carboxylic acids is 2. The second-order valence-electron chi connectivity index (χ2n) is 3.68. The smallest absolute Gasteiger partial charge is 0.475 e. The molecule has 0 amide bonds. The fourth-order valence-corrected chi connectivity index (χ4v) is 1.12. The molecule has 1 atom stereocenters. The molecule has 0 radical (unpaired) electrons. The van der Waals surface area contributed by atoms with Crippen LogP contribution < -0.4 is 11.1 Å². The maximum absolute atomic E-state index is 11.4. The zero-order valence-corrected chi connectivity index (χ0v) is 11.7. The summed E-state index contributed by atoms with van der Waals surface area (Å²) in [7, 11) is 1.66. The SMILES string of the molecule is CCOC(=O)C(CCN)C(=O)CNC.O=C(O)C(F)(F)F. The van der Waals surface area contributed by atoms with Crippen molar-refractivity contribution in [2.75, 3.05) is 26.7 Å². The van der Waals surface area contributed by atoms with Gasteiger partial charge >= 0.3 is 18.1 Å². The van der Waals surface area contributed by atoms with Gasteiger partial charge in [-0.1, -0.05) is 0 Å². The van der Waals surface area contributed by atoms with Gasteiger partial charge in [0.15, 0.2) is 5.78 Å². The second kappa shape index (κ2) is 11.0. The Balaban J connectivity index is 0. The second-order valence-corrected chi connectivity index (χ2v) is 3.68. The Labute approximate surface area is 119 Å². The third-order valence-electron chi connectivity index (χ3n) is 2.01. The number of carbonyl (C=O) groups is 3. The number of carboxylic acids is 1. The topological polar surface area (TPSA) is 119 Å². The van der Waals surface area contributed by atoms with Gasteiger partial charge in [-0.15, -0.1) is 0 Å². The van der Waals surface area contributed by atoms with E-state index in [4.69, 9.17) is 20.4 Å². The summed E-state index contributed by atoms with van der Waals surface area (Å²) in [5.41, 5.74) is 5.32. The van der Waals surface area contributed by atoms with Crippen molar-refractivity contribution in [2.24, 2.45) is 11.7 Å². The van der Waals surface area contributed by atoms with Crippen LogP contribution >= 0.6 is 0 Å². The van der Waals surface area contributed by atoms with Crippen LogP contribution in [-0.2, 0) is 19.1 Å². The van der Waals surface area contributed by atoms with Crippen LogP contribution in [0.1, 0.15) is 13.3 Å². The summed E-state index contributed by atoms with van der Waals surface area (Å²) in [6, 6.07) is 0. The number of alkyl halides is 3. The minimum absolute atomic E-state index is 0.170. The van der Waals surface area contributed by atoms with Crippen LogP contribution in [0.4, 0.5) is 13.2 Å². The fourth-order valence-electron chi connectivity index (χ4n) is 1.12. The number of hydrogen-bond donors (Lipinski definition) is 3.